The Morgan fingerprint density at radius 1 is 1.33 bits per heavy atom. The largest absolute Gasteiger partial charge is 0.305 e. The van der Waals surface area contributed by atoms with Gasteiger partial charge in [-0.05, 0) is 36.2 Å². The molecule has 1 atom stereocenters. The lowest BCUT2D eigenvalue weighted by Gasteiger charge is -2.17. The van der Waals surface area contributed by atoms with Gasteiger partial charge in [-0.25, -0.2) is 0 Å². The second-order valence-corrected chi connectivity index (χ2v) is 6.82. The molecule has 0 radical (unpaired) electrons. The number of thiophene rings is 1. The molecule has 0 aliphatic carbocycles. The van der Waals surface area contributed by atoms with Gasteiger partial charge in [0.25, 0.3) is 0 Å². The molecule has 1 aromatic carbocycles. The summed E-state index contributed by atoms with van der Waals surface area (Å²) in [6.07, 6.45) is 1.07. The highest BCUT2D eigenvalue weighted by Crippen LogP contribution is 2.24. The summed E-state index contributed by atoms with van der Waals surface area (Å²) in [6, 6.07) is 12.9. The summed E-state index contributed by atoms with van der Waals surface area (Å²) in [6.45, 7) is 3.06. The molecule has 0 aliphatic rings. The zero-order valence-corrected chi connectivity index (χ0v) is 13.3. The van der Waals surface area contributed by atoms with Crippen molar-refractivity contribution in [3.05, 3.63) is 55.6 Å². The maximum atomic E-state index is 5.93. The van der Waals surface area contributed by atoms with E-state index < -0.39 is 0 Å². The standard InChI is InChI=1S/C14H15BrClNS/c1-2-13(10-4-3-5-11(15)8-10)17-9-12-6-7-14(16)18-12/h3-8,13,17H,2,9H2,1H3. The predicted molar refractivity (Wildman–Crippen MR) is 83.3 cm³/mol. The molecular formula is C14H15BrClNS. The van der Waals surface area contributed by atoms with E-state index in [1.807, 2.05) is 6.07 Å². The number of hydrogen-bond donors (Lipinski definition) is 1. The summed E-state index contributed by atoms with van der Waals surface area (Å²) in [4.78, 5) is 1.27. The van der Waals surface area contributed by atoms with Crippen LogP contribution >= 0.6 is 38.9 Å². The highest BCUT2D eigenvalue weighted by Gasteiger charge is 2.09. The van der Waals surface area contributed by atoms with Crippen molar-refractivity contribution in [3.8, 4) is 0 Å². The smallest absolute Gasteiger partial charge is 0.0931 e. The van der Waals surface area contributed by atoms with E-state index in [4.69, 9.17) is 11.6 Å². The van der Waals surface area contributed by atoms with Crippen LogP contribution in [0.5, 0.6) is 0 Å². The number of halogens is 2. The Labute approximate surface area is 125 Å². The topological polar surface area (TPSA) is 12.0 Å². The summed E-state index contributed by atoms with van der Waals surface area (Å²) in [5.74, 6) is 0. The van der Waals surface area contributed by atoms with Crippen LogP contribution < -0.4 is 5.32 Å². The maximum Gasteiger partial charge on any atom is 0.0931 e. The van der Waals surface area contributed by atoms with E-state index in [2.05, 4.69) is 58.5 Å². The molecule has 2 aromatic rings. The number of benzene rings is 1. The molecular weight excluding hydrogens is 330 g/mol. The zero-order valence-electron chi connectivity index (χ0n) is 10.1. The molecule has 0 fully saturated rings. The average molecular weight is 345 g/mol. The van der Waals surface area contributed by atoms with Crippen LogP contribution in [0.15, 0.2) is 40.9 Å². The van der Waals surface area contributed by atoms with Gasteiger partial charge in [0.15, 0.2) is 0 Å². The Kier molecular flexibility index (Phi) is 5.25. The summed E-state index contributed by atoms with van der Waals surface area (Å²) < 4.78 is 1.97. The van der Waals surface area contributed by atoms with Gasteiger partial charge in [0.05, 0.1) is 4.34 Å². The molecule has 0 saturated carbocycles. The maximum absolute atomic E-state index is 5.93. The second-order valence-electron chi connectivity index (χ2n) is 4.10. The Morgan fingerprint density at radius 2 is 2.17 bits per heavy atom. The van der Waals surface area contributed by atoms with Crippen molar-refractivity contribution in [2.75, 3.05) is 0 Å². The first-order valence-electron chi connectivity index (χ1n) is 5.92. The summed E-state index contributed by atoms with van der Waals surface area (Å²) in [7, 11) is 0. The van der Waals surface area contributed by atoms with E-state index >= 15 is 0 Å². The molecule has 0 saturated heterocycles. The fourth-order valence-electron chi connectivity index (χ4n) is 1.89. The first-order valence-corrected chi connectivity index (χ1v) is 7.91. The van der Waals surface area contributed by atoms with Crippen LogP contribution in [0.4, 0.5) is 0 Å². The van der Waals surface area contributed by atoms with Crippen LogP contribution in [-0.4, -0.2) is 0 Å². The van der Waals surface area contributed by atoms with Crippen LogP contribution in [0.2, 0.25) is 4.34 Å². The summed E-state index contributed by atoms with van der Waals surface area (Å²) in [5.41, 5.74) is 1.31. The van der Waals surface area contributed by atoms with Crippen molar-refractivity contribution in [1.82, 2.24) is 5.32 Å². The van der Waals surface area contributed by atoms with Crippen molar-refractivity contribution >= 4 is 38.9 Å². The monoisotopic (exact) mass is 343 g/mol. The second kappa shape index (κ2) is 6.71. The molecule has 1 heterocycles. The van der Waals surface area contributed by atoms with Gasteiger partial charge in [0.2, 0.25) is 0 Å². The van der Waals surface area contributed by atoms with Gasteiger partial charge in [-0.2, -0.15) is 0 Å². The van der Waals surface area contributed by atoms with Crippen molar-refractivity contribution in [2.24, 2.45) is 0 Å². The SMILES string of the molecule is CCC(NCc1ccc(Cl)s1)c1cccc(Br)c1. The lowest BCUT2D eigenvalue weighted by Crippen LogP contribution is -2.19. The lowest BCUT2D eigenvalue weighted by molar-refractivity contribution is 0.522. The molecule has 4 heteroatoms. The Bertz CT molecular complexity index is 512. The van der Waals surface area contributed by atoms with Gasteiger partial charge in [-0.1, -0.05) is 46.6 Å². The minimum Gasteiger partial charge on any atom is -0.305 e. The van der Waals surface area contributed by atoms with Gasteiger partial charge >= 0.3 is 0 Å². The van der Waals surface area contributed by atoms with Crippen LogP contribution in [0.25, 0.3) is 0 Å². The first-order chi connectivity index (χ1) is 8.69. The minimum absolute atomic E-state index is 0.378. The molecule has 0 spiro atoms. The van der Waals surface area contributed by atoms with Crippen molar-refractivity contribution in [2.45, 2.75) is 25.9 Å². The number of rotatable bonds is 5. The molecule has 1 unspecified atom stereocenters. The highest BCUT2D eigenvalue weighted by atomic mass is 79.9. The van der Waals surface area contributed by atoms with Crippen LogP contribution in [0.3, 0.4) is 0 Å². The quantitative estimate of drug-likeness (QED) is 0.765. The molecule has 0 aliphatic heterocycles. The average Bonchev–Trinajstić information content (AvgIpc) is 2.76. The number of hydrogen-bond acceptors (Lipinski definition) is 2. The summed E-state index contributed by atoms with van der Waals surface area (Å²) >= 11 is 11.1. The zero-order chi connectivity index (χ0) is 13.0. The third-order valence-corrected chi connectivity index (χ3v) is 4.54. The molecule has 18 heavy (non-hydrogen) atoms. The molecule has 1 nitrogen and oxygen atoms in total. The van der Waals surface area contributed by atoms with E-state index in [1.165, 1.54) is 10.4 Å². The van der Waals surface area contributed by atoms with Gasteiger partial charge in [0, 0.05) is 21.9 Å². The lowest BCUT2D eigenvalue weighted by atomic mass is 10.0. The van der Waals surface area contributed by atoms with Crippen LogP contribution in [0, 0.1) is 0 Å². The minimum atomic E-state index is 0.378. The number of nitrogens with one attached hydrogen (secondary N) is 1. The molecule has 2 rings (SSSR count). The molecule has 0 bridgehead atoms. The van der Waals surface area contributed by atoms with Gasteiger partial charge in [0.1, 0.15) is 0 Å². The summed E-state index contributed by atoms with van der Waals surface area (Å²) in [5, 5.41) is 3.57. The van der Waals surface area contributed by atoms with E-state index in [9.17, 15) is 0 Å². The highest BCUT2D eigenvalue weighted by molar-refractivity contribution is 9.10. The Hall–Kier alpha value is -0.350. The van der Waals surface area contributed by atoms with E-state index in [0.717, 1.165) is 21.8 Å². The van der Waals surface area contributed by atoms with Gasteiger partial charge in [-0.15, -0.1) is 11.3 Å². The van der Waals surface area contributed by atoms with Crippen LogP contribution in [-0.2, 0) is 6.54 Å². The third kappa shape index (κ3) is 3.82. The fourth-order valence-corrected chi connectivity index (χ4v) is 3.35. The van der Waals surface area contributed by atoms with E-state index in [1.54, 1.807) is 11.3 Å². The van der Waals surface area contributed by atoms with Crippen LogP contribution in [0.1, 0.15) is 29.8 Å². The van der Waals surface area contributed by atoms with Crippen molar-refractivity contribution in [3.63, 3.8) is 0 Å². The molecule has 1 aromatic heterocycles. The van der Waals surface area contributed by atoms with E-state index in [-0.39, 0.29) is 0 Å². The van der Waals surface area contributed by atoms with Crippen molar-refractivity contribution < 1.29 is 0 Å². The van der Waals surface area contributed by atoms with E-state index in [0.29, 0.717) is 6.04 Å². The normalized spacial score (nSPS) is 12.6. The first kappa shape index (κ1) is 14.1. The fraction of sp³-hybridized carbons (Fsp3) is 0.286. The van der Waals surface area contributed by atoms with Gasteiger partial charge in [-0.3, -0.25) is 0 Å². The Morgan fingerprint density at radius 3 is 2.78 bits per heavy atom. The van der Waals surface area contributed by atoms with Gasteiger partial charge < -0.3 is 5.32 Å². The van der Waals surface area contributed by atoms with Crippen molar-refractivity contribution in [1.29, 1.82) is 0 Å². The third-order valence-electron chi connectivity index (χ3n) is 2.81. The Balaban J connectivity index is 2.01. The molecule has 1 N–H and O–H groups in total. The molecule has 96 valence electrons. The molecule has 0 amide bonds. The predicted octanol–water partition coefficient (Wildman–Crippen LogP) is 5.40.